The van der Waals surface area contributed by atoms with Crippen LogP contribution in [-0.2, 0) is 22.4 Å². The van der Waals surface area contributed by atoms with Gasteiger partial charge in [-0.3, -0.25) is 4.79 Å². The predicted octanol–water partition coefficient (Wildman–Crippen LogP) is 2.80. The first-order valence-corrected chi connectivity index (χ1v) is 9.13. The van der Waals surface area contributed by atoms with Gasteiger partial charge in [-0.25, -0.2) is 4.79 Å². The summed E-state index contributed by atoms with van der Waals surface area (Å²) in [5, 5.41) is 15.6. The third kappa shape index (κ3) is 7.23. The third-order valence-electron chi connectivity index (χ3n) is 4.10. The van der Waals surface area contributed by atoms with Crippen molar-refractivity contribution in [2.45, 2.75) is 51.2 Å². The molecule has 27 heavy (non-hydrogen) atoms. The number of carboxylic acids is 1. The molecule has 144 valence electrons. The number of aliphatic carboxylic acids is 1. The van der Waals surface area contributed by atoms with Crippen LogP contribution in [0.15, 0.2) is 60.7 Å². The maximum Gasteiger partial charge on any atom is 0.326 e. The maximum absolute atomic E-state index is 12.9. The van der Waals surface area contributed by atoms with E-state index in [0.717, 1.165) is 11.1 Å². The Balaban J connectivity index is 2.12. The highest BCUT2D eigenvalue weighted by Crippen LogP contribution is 2.10. The van der Waals surface area contributed by atoms with E-state index >= 15 is 0 Å². The number of nitrogens with one attached hydrogen (secondary N) is 2. The lowest BCUT2D eigenvalue weighted by Crippen LogP contribution is -2.55. The van der Waals surface area contributed by atoms with Crippen molar-refractivity contribution >= 4 is 11.9 Å². The second-order valence-corrected chi connectivity index (χ2v) is 7.73. The quantitative estimate of drug-likeness (QED) is 0.669. The molecule has 0 aliphatic rings. The summed E-state index contributed by atoms with van der Waals surface area (Å²) in [5.74, 6) is -1.35. The minimum absolute atomic E-state index is 0.246. The molecule has 0 radical (unpaired) electrons. The molecule has 0 aliphatic heterocycles. The molecule has 0 heterocycles. The Bertz CT molecular complexity index is 739. The van der Waals surface area contributed by atoms with Crippen LogP contribution in [0, 0.1) is 0 Å². The number of carbonyl (C=O) groups is 2. The highest BCUT2D eigenvalue weighted by Gasteiger charge is 2.28. The topological polar surface area (TPSA) is 78.4 Å². The third-order valence-corrected chi connectivity index (χ3v) is 4.10. The van der Waals surface area contributed by atoms with Crippen molar-refractivity contribution < 1.29 is 14.7 Å². The first-order chi connectivity index (χ1) is 12.7. The molecule has 3 N–H and O–H groups in total. The average molecular weight is 368 g/mol. The fourth-order valence-electron chi connectivity index (χ4n) is 2.90. The maximum atomic E-state index is 12.9. The Morgan fingerprint density at radius 2 is 1.30 bits per heavy atom. The number of hydrogen-bond acceptors (Lipinski definition) is 3. The summed E-state index contributed by atoms with van der Waals surface area (Å²) in [4.78, 5) is 24.6. The molecule has 0 fully saturated rings. The van der Waals surface area contributed by atoms with Gasteiger partial charge in [-0.15, -0.1) is 0 Å². The SMILES string of the molecule is CC(C)(C)N[C@H](Cc1ccccc1)C(=O)NC(Cc1ccccc1)C(=O)O. The zero-order valence-corrected chi connectivity index (χ0v) is 16.1. The summed E-state index contributed by atoms with van der Waals surface area (Å²) in [6, 6.07) is 17.5. The van der Waals surface area contributed by atoms with Crippen LogP contribution in [0.4, 0.5) is 0 Å². The lowest BCUT2D eigenvalue weighted by atomic mass is 10.00. The molecule has 2 aromatic rings. The number of amides is 1. The summed E-state index contributed by atoms with van der Waals surface area (Å²) in [6.45, 7) is 5.95. The smallest absolute Gasteiger partial charge is 0.326 e. The Labute approximate surface area is 160 Å². The Morgan fingerprint density at radius 3 is 1.70 bits per heavy atom. The molecular formula is C22H28N2O3. The van der Waals surface area contributed by atoms with Gasteiger partial charge in [0.1, 0.15) is 6.04 Å². The van der Waals surface area contributed by atoms with Gasteiger partial charge < -0.3 is 15.7 Å². The van der Waals surface area contributed by atoms with Gasteiger partial charge in [0.05, 0.1) is 6.04 Å². The summed E-state index contributed by atoms with van der Waals surface area (Å²) < 4.78 is 0. The molecule has 0 saturated heterocycles. The fourth-order valence-corrected chi connectivity index (χ4v) is 2.90. The zero-order chi connectivity index (χ0) is 19.9. The van der Waals surface area contributed by atoms with Gasteiger partial charge in [-0.2, -0.15) is 0 Å². The van der Waals surface area contributed by atoms with Gasteiger partial charge in [0.2, 0.25) is 5.91 Å². The van der Waals surface area contributed by atoms with E-state index in [1.54, 1.807) is 0 Å². The molecule has 0 aromatic heterocycles. The Morgan fingerprint density at radius 1 is 0.852 bits per heavy atom. The molecule has 5 nitrogen and oxygen atoms in total. The van der Waals surface area contributed by atoms with Crippen molar-refractivity contribution in [1.82, 2.24) is 10.6 Å². The van der Waals surface area contributed by atoms with E-state index in [2.05, 4.69) is 10.6 Å². The minimum Gasteiger partial charge on any atom is -0.480 e. The molecule has 0 spiro atoms. The van der Waals surface area contributed by atoms with Gasteiger partial charge in [-0.05, 0) is 38.3 Å². The first-order valence-electron chi connectivity index (χ1n) is 9.13. The van der Waals surface area contributed by atoms with Crippen LogP contribution in [0.3, 0.4) is 0 Å². The van der Waals surface area contributed by atoms with Crippen molar-refractivity contribution in [1.29, 1.82) is 0 Å². The van der Waals surface area contributed by atoms with Crippen molar-refractivity contribution in [2.75, 3.05) is 0 Å². The van der Waals surface area contributed by atoms with Crippen molar-refractivity contribution in [3.63, 3.8) is 0 Å². The molecule has 2 rings (SSSR count). The molecule has 5 heteroatoms. The molecule has 0 saturated carbocycles. The van der Waals surface area contributed by atoms with Crippen LogP contribution < -0.4 is 10.6 Å². The van der Waals surface area contributed by atoms with Crippen LogP contribution in [0.1, 0.15) is 31.9 Å². The zero-order valence-electron chi connectivity index (χ0n) is 16.1. The van der Waals surface area contributed by atoms with Crippen LogP contribution >= 0.6 is 0 Å². The van der Waals surface area contributed by atoms with Crippen LogP contribution in [0.5, 0.6) is 0 Å². The van der Waals surface area contributed by atoms with Crippen molar-refractivity contribution in [3.05, 3.63) is 71.8 Å². The van der Waals surface area contributed by atoms with Crippen LogP contribution in [0.2, 0.25) is 0 Å². The fraction of sp³-hybridized carbons (Fsp3) is 0.364. The standard InChI is InChI=1S/C22H28N2O3/c1-22(2,3)24-18(14-16-10-6-4-7-11-16)20(25)23-19(21(26)27)15-17-12-8-5-9-13-17/h4-13,18-19,24H,14-15H2,1-3H3,(H,23,25)(H,26,27)/t18-,19?/m1/s1. The number of carbonyl (C=O) groups excluding carboxylic acids is 1. The Hall–Kier alpha value is -2.66. The van der Waals surface area contributed by atoms with E-state index in [-0.39, 0.29) is 17.9 Å². The van der Waals surface area contributed by atoms with E-state index < -0.39 is 18.1 Å². The Kier molecular flexibility index (Phi) is 7.13. The monoisotopic (exact) mass is 368 g/mol. The number of rotatable bonds is 8. The molecule has 1 unspecified atom stereocenters. The van der Waals surface area contributed by atoms with E-state index in [0.29, 0.717) is 6.42 Å². The highest BCUT2D eigenvalue weighted by atomic mass is 16.4. The number of benzene rings is 2. The first kappa shape index (κ1) is 20.6. The van der Waals surface area contributed by atoms with Crippen LogP contribution in [0.25, 0.3) is 0 Å². The molecule has 2 aromatic carbocycles. The molecule has 1 amide bonds. The van der Waals surface area contributed by atoms with Gasteiger partial charge in [0, 0.05) is 12.0 Å². The van der Waals surface area contributed by atoms with E-state index in [1.807, 2.05) is 81.4 Å². The summed E-state index contributed by atoms with van der Waals surface area (Å²) in [5.41, 5.74) is 1.60. The highest BCUT2D eigenvalue weighted by molar-refractivity contribution is 5.87. The van der Waals surface area contributed by atoms with E-state index in [1.165, 1.54) is 0 Å². The molecule has 0 aliphatic carbocycles. The minimum atomic E-state index is -1.04. The summed E-state index contributed by atoms with van der Waals surface area (Å²) in [7, 11) is 0. The van der Waals surface area contributed by atoms with Gasteiger partial charge in [0.25, 0.3) is 0 Å². The average Bonchev–Trinajstić information content (AvgIpc) is 2.61. The predicted molar refractivity (Wildman–Crippen MR) is 107 cm³/mol. The van der Waals surface area contributed by atoms with Gasteiger partial charge in [-0.1, -0.05) is 60.7 Å². The number of hydrogen-bond donors (Lipinski definition) is 3. The normalized spacial score (nSPS) is 13.6. The second-order valence-electron chi connectivity index (χ2n) is 7.73. The van der Waals surface area contributed by atoms with E-state index in [4.69, 9.17) is 0 Å². The van der Waals surface area contributed by atoms with Crippen molar-refractivity contribution in [3.8, 4) is 0 Å². The summed E-state index contributed by atoms with van der Waals surface area (Å²) in [6.07, 6.45) is 0.733. The van der Waals surface area contributed by atoms with Crippen LogP contribution in [-0.4, -0.2) is 34.6 Å². The number of carboxylic acid groups (broad SMARTS) is 1. The lowest BCUT2D eigenvalue weighted by molar-refractivity contribution is -0.142. The van der Waals surface area contributed by atoms with Crippen molar-refractivity contribution in [2.24, 2.45) is 0 Å². The largest absolute Gasteiger partial charge is 0.480 e. The molecule has 0 bridgehead atoms. The summed E-state index contributed by atoms with van der Waals surface area (Å²) >= 11 is 0. The van der Waals surface area contributed by atoms with Gasteiger partial charge >= 0.3 is 5.97 Å². The van der Waals surface area contributed by atoms with E-state index in [9.17, 15) is 14.7 Å². The lowest BCUT2D eigenvalue weighted by Gasteiger charge is -2.29. The second kappa shape index (κ2) is 9.33. The molecular weight excluding hydrogens is 340 g/mol. The molecule has 2 atom stereocenters. The van der Waals surface area contributed by atoms with Gasteiger partial charge in [0.15, 0.2) is 0 Å².